The number of rotatable bonds is 4. The van der Waals surface area contributed by atoms with Crippen LogP contribution in [0.4, 0.5) is 5.69 Å². The summed E-state index contributed by atoms with van der Waals surface area (Å²) in [4.78, 5) is 27.2. The van der Waals surface area contributed by atoms with E-state index in [4.69, 9.17) is 34.0 Å². The van der Waals surface area contributed by atoms with Crippen molar-refractivity contribution in [1.29, 1.82) is 0 Å². The van der Waals surface area contributed by atoms with Gasteiger partial charge in [0.15, 0.2) is 0 Å². The monoisotopic (exact) mass is 388 g/mol. The number of nitrogens with two attached hydrogens (primary N) is 1. The number of carbonyl (C=O) groups is 1. The van der Waals surface area contributed by atoms with Crippen LogP contribution in [0, 0.1) is 10.1 Å². The molecule has 0 saturated carbocycles. The van der Waals surface area contributed by atoms with E-state index in [2.05, 4.69) is 14.7 Å². The topological polar surface area (TPSA) is 141 Å². The van der Waals surface area contributed by atoms with Gasteiger partial charge in [-0.25, -0.2) is 4.98 Å². The lowest BCUT2D eigenvalue weighted by Crippen LogP contribution is -2.33. The van der Waals surface area contributed by atoms with Crippen molar-refractivity contribution in [2.75, 3.05) is 7.11 Å². The Morgan fingerprint density at radius 2 is 2.00 bits per heavy atom. The van der Waals surface area contributed by atoms with E-state index in [1.807, 2.05) is 0 Å². The Balaban J connectivity index is 0.000000257. The Hall–Kier alpha value is -2.49. The number of carbonyl (C=O) groups excluding carboxylic acids is 1. The van der Waals surface area contributed by atoms with Crippen molar-refractivity contribution >= 4 is 34.9 Å². The van der Waals surface area contributed by atoms with Crippen molar-refractivity contribution in [1.82, 2.24) is 9.97 Å². The summed E-state index contributed by atoms with van der Waals surface area (Å²) in [5, 5.41) is 18.8. The fraction of sp³-hybridized carbons (Fsp3) is 0.214. The number of aromatic hydroxyl groups is 1. The Bertz CT molecular complexity index is 743. The molecule has 0 aliphatic carbocycles. The molecule has 0 aliphatic rings. The molecule has 0 bridgehead atoms. The molecule has 0 amide bonds. The molecule has 1 heterocycles. The molecule has 2 rings (SSSR count). The van der Waals surface area contributed by atoms with Crippen LogP contribution in [-0.4, -0.2) is 39.1 Å². The van der Waals surface area contributed by atoms with E-state index in [1.54, 1.807) is 24.3 Å². The van der Waals surface area contributed by atoms with Gasteiger partial charge in [0.25, 0.3) is 0 Å². The van der Waals surface area contributed by atoms with E-state index < -0.39 is 16.9 Å². The number of methoxy groups -OCH3 is 1. The molecule has 0 aliphatic heterocycles. The molecule has 2 aromatic rings. The average Bonchev–Trinajstić information content (AvgIpc) is 2.56. The number of ether oxygens (including phenoxy) is 1. The van der Waals surface area contributed by atoms with Crippen molar-refractivity contribution in [3.8, 4) is 5.75 Å². The maximum Gasteiger partial charge on any atom is 0.324 e. The first-order valence-corrected chi connectivity index (χ1v) is 7.44. The van der Waals surface area contributed by atoms with Crippen molar-refractivity contribution in [3.05, 3.63) is 56.6 Å². The smallest absolute Gasteiger partial charge is 0.324 e. The second-order valence-electron chi connectivity index (χ2n) is 4.57. The van der Waals surface area contributed by atoms with E-state index in [9.17, 15) is 14.9 Å². The van der Waals surface area contributed by atoms with Crippen LogP contribution >= 0.6 is 23.2 Å². The molecule has 0 saturated heterocycles. The van der Waals surface area contributed by atoms with E-state index in [0.717, 1.165) is 11.8 Å². The Labute approximate surface area is 152 Å². The molecule has 1 atom stereocenters. The summed E-state index contributed by atoms with van der Waals surface area (Å²) in [5.41, 5.74) is 6.10. The first kappa shape index (κ1) is 20.6. The SMILES string of the molecule is COC(=O)[C@H](N)Cc1ccc(O)cc1.O=[N+]([O-])c1cnc(Cl)nc1Cl. The number of hydrogen-bond acceptors (Lipinski definition) is 8. The summed E-state index contributed by atoms with van der Waals surface area (Å²) in [7, 11) is 1.30. The normalized spacial score (nSPS) is 11.0. The molecule has 0 radical (unpaired) electrons. The van der Waals surface area contributed by atoms with Gasteiger partial charge in [-0.2, -0.15) is 4.98 Å². The van der Waals surface area contributed by atoms with Gasteiger partial charge < -0.3 is 15.6 Å². The first-order chi connectivity index (χ1) is 11.7. The number of phenols is 1. The largest absolute Gasteiger partial charge is 0.508 e. The zero-order chi connectivity index (χ0) is 19.0. The van der Waals surface area contributed by atoms with Crippen LogP contribution in [0.15, 0.2) is 30.5 Å². The van der Waals surface area contributed by atoms with E-state index >= 15 is 0 Å². The maximum atomic E-state index is 11.0. The molecule has 0 spiro atoms. The fourth-order valence-electron chi connectivity index (χ4n) is 1.58. The van der Waals surface area contributed by atoms with Gasteiger partial charge in [-0.05, 0) is 35.7 Å². The number of benzene rings is 1. The van der Waals surface area contributed by atoms with Gasteiger partial charge in [0.05, 0.1) is 12.0 Å². The number of halogens is 2. The van der Waals surface area contributed by atoms with E-state index in [1.165, 1.54) is 7.11 Å². The minimum absolute atomic E-state index is 0.111. The zero-order valence-electron chi connectivity index (χ0n) is 12.9. The quantitative estimate of drug-likeness (QED) is 0.266. The van der Waals surface area contributed by atoms with Crippen molar-refractivity contribution in [3.63, 3.8) is 0 Å². The van der Waals surface area contributed by atoms with Crippen LogP contribution in [-0.2, 0) is 16.0 Å². The zero-order valence-corrected chi connectivity index (χ0v) is 14.4. The second-order valence-corrected chi connectivity index (χ2v) is 5.27. The van der Waals surface area contributed by atoms with Gasteiger partial charge in [0.1, 0.15) is 18.0 Å². The van der Waals surface area contributed by atoms with Gasteiger partial charge in [-0.15, -0.1) is 0 Å². The van der Waals surface area contributed by atoms with Gasteiger partial charge in [-0.1, -0.05) is 23.7 Å². The third-order valence-electron chi connectivity index (χ3n) is 2.79. The molecular weight excluding hydrogens is 375 g/mol. The predicted octanol–water partition coefficient (Wildman–Crippen LogP) is 2.13. The van der Waals surface area contributed by atoms with Crippen molar-refractivity contribution in [2.24, 2.45) is 5.73 Å². The Morgan fingerprint density at radius 1 is 1.40 bits per heavy atom. The van der Waals surface area contributed by atoms with E-state index in [0.29, 0.717) is 6.42 Å². The summed E-state index contributed by atoms with van der Waals surface area (Å²) >= 11 is 10.6. The standard InChI is InChI=1S/C10H13NO3.C4HCl2N3O2/c1-14-10(13)9(11)6-7-2-4-8(12)5-3-7;5-3-2(9(10)11)1-7-4(6)8-3/h2-5,9,12H,6,11H2,1H3;1H/t9-;/m1./s1. The maximum absolute atomic E-state index is 11.0. The average molecular weight is 389 g/mol. The number of nitro groups is 1. The van der Waals surface area contributed by atoms with Gasteiger partial charge in [0.2, 0.25) is 10.4 Å². The highest BCUT2D eigenvalue weighted by atomic mass is 35.5. The van der Waals surface area contributed by atoms with E-state index in [-0.39, 0.29) is 21.9 Å². The summed E-state index contributed by atoms with van der Waals surface area (Å²) in [6.07, 6.45) is 1.37. The number of phenolic OH excluding ortho intramolecular Hbond substituents is 1. The van der Waals surface area contributed by atoms with Crippen LogP contribution in [0.5, 0.6) is 5.75 Å². The molecule has 0 unspecified atom stereocenters. The van der Waals surface area contributed by atoms with Crippen LogP contribution in [0.3, 0.4) is 0 Å². The van der Waals surface area contributed by atoms with Gasteiger partial charge in [-0.3, -0.25) is 14.9 Å². The fourth-order valence-corrected chi connectivity index (χ4v) is 1.95. The summed E-state index contributed by atoms with van der Waals surface area (Å²) < 4.78 is 4.49. The van der Waals surface area contributed by atoms with Crippen LogP contribution < -0.4 is 5.73 Å². The molecule has 134 valence electrons. The molecule has 0 fully saturated rings. The number of esters is 1. The van der Waals surface area contributed by atoms with Crippen LogP contribution in [0.1, 0.15) is 5.56 Å². The van der Waals surface area contributed by atoms with Gasteiger partial charge >= 0.3 is 11.7 Å². The molecule has 1 aromatic carbocycles. The predicted molar refractivity (Wildman–Crippen MR) is 90.5 cm³/mol. The minimum atomic E-state index is -0.682. The van der Waals surface area contributed by atoms with Crippen molar-refractivity contribution < 1.29 is 19.6 Å². The number of aromatic nitrogens is 2. The summed E-state index contributed by atoms with van der Waals surface area (Å²) in [6, 6.07) is 5.90. The second kappa shape index (κ2) is 9.72. The molecule has 9 nitrogen and oxygen atoms in total. The lowest BCUT2D eigenvalue weighted by Gasteiger charge is -2.08. The third-order valence-corrected chi connectivity index (χ3v) is 3.25. The molecule has 25 heavy (non-hydrogen) atoms. The summed E-state index contributed by atoms with van der Waals surface area (Å²) in [6.45, 7) is 0. The first-order valence-electron chi connectivity index (χ1n) is 6.68. The lowest BCUT2D eigenvalue weighted by molar-refractivity contribution is -0.385. The molecule has 1 aromatic heterocycles. The van der Waals surface area contributed by atoms with Gasteiger partial charge in [0, 0.05) is 0 Å². The number of nitrogens with zero attached hydrogens (tertiary/aromatic N) is 3. The third kappa shape index (κ3) is 6.87. The number of hydrogen-bond donors (Lipinski definition) is 2. The Kier molecular flexibility index (Phi) is 7.99. The Morgan fingerprint density at radius 3 is 2.48 bits per heavy atom. The molecular formula is C14H14Cl2N4O5. The summed E-state index contributed by atoms with van der Waals surface area (Å²) in [5.74, 6) is -0.238. The minimum Gasteiger partial charge on any atom is -0.508 e. The molecule has 11 heteroatoms. The highest BCUT2D eigenvalue weighted by molar-refractivity contribution is 6.33. The highest BCUT2D eigenvalue weighted by Gasteiger charge is 2.14. The van der Waals surface area contributed by atoms with Crippen LogP contribution in [0.2, 0.25) is 10.4 Å². The van der Waals surface area contributed by atoms with Crippen LogP contribution in [0.25, 0.3) is 0 Å². The molecule has 3 N–H and O–H groups in total. The highest BCUT2D eigenvalue weighted by Crippen LogP contribution is 2.20. The van der Waals surface area contributed by atoms with Crippen molar-refractivity contribution in [2.45, 2.75) is 12.5 Å². The lowest BCUT2D eigenvalue weighted by atomic mass is 10.1.